The zero-order valence-electron chi connectivity index (χ0n) is 12.5. The summed E-state index contributed by atoms with van der Waals surface area (Å²) in [7, 11) is 1.73. The molecule has 1 atom stereocenters. The highest BCUT2D eigenvalue weighted by atomic mass is 16.5. The lowest BCUT2D eigenvalue weighted by Gasteiger charge is -2.27. The largest absolute Gasteiger partial charge is 0.478 e. The van der Waals surface area contributed by atoms with Gasteiger partial charge in [-0.05, 0) is 49.9 Å². The van der Waals surface area contributed by atoms with Gasteiger partial charge in [0.15, 0.2) is 0 Å². The van der Waals surface area contributed by atoms with Crippen LogP contribution in [0.3, 0.4) is 0 Å². The van der Waals surface area contributed by atoms with Crippen molar-refractivity contribution in [1.82, 2.24) is 4.90 Å². The predicted molar refractivity (Wildman–Crippen MR) is 78.7 cm³/mol. The molecule has 5 heteroatoms. The Balaban J connectivity index is 2.09. The maximum Gasteiger partial charge on any atom is 0.335 e. The number of carbonyl (C=O) groups is 2. The molecule has 1 N–H and O–H groups in total. The van der Waals surface area contributed by atoms with E-state index in [1.807, 2.05) is 0 Å². The third-order valence-corrected chi connectivity index (χ3v) is 3.67. The van der Waals surface area contributed by atoms with E-state index in [0.717, 1.165) is 31.4 Å². The van der Waals surface area contributed by atoms with Crippen molar-refractivity contribution in [2.24, 2.45) is 0 Å². The molecular formula is C16H21NO4. The van der Waals surface area contributed by atoms with E-state index in [2.05, 4.69) is 0 Å². The summed E-state index contributed by atoms with van der Waals surface area (Å²) in [5, 5.41) is 9.07. The van der Waals surface area contributed by atoms with Crippen molar-refractivity contribution >= 4 is 11.9 Å². The Kier molecular flexibility index (Phi) is 4.96. The van der Waals surface area contributed by atoms with Crippen LogP contribution in [0, 0.1) is 6.92 Å². The maximum absolute atomic E-state index is 12.4. The normalized spacial score (nSPS) is 18.3. The van der Waals surface area contributed by atoms with Crippen LogP contribution in [0.2, 0.25) is 0 Å². The highest BCUT2D eigenvalue weighted by Gasteiger charge is 2.20. The van der Waals surface area contributed by atoms with Crippen LogP contribution in [0.1, 0.15) is 45.5 Å². The number of amides is 1. The summed E-state index contributed by atoms with van der Waals surface area (Å²) in [5.41, 5.74) is 1.31. The molecule has 0 spiro atoms. The molecular weight excluding hydrogens is 270 g/mol. The summed E-state index contributed by atoms with van der Waals surface area (Å²) >= 11 is 0. The first-order valence-electron chi connectivity index (χ1n) is 7.19. The monoisotopic (exact) mass is 291 g/mol. The molecule has 1 heterocycles. The highest BCUT2D eigenvalue weighted by Crippen LogP contribution is 2.16. The van der Waals surface area contributed by atoms with Crippen molar-refractivity contribution in [2.45, 2.75) is 32.3 Å². The number of hydrogen-bond donors (Lipinski definition) is 1. The molecule has 0 aliphatic carbocycles. The lowest BCUT2D eigenvalue weighted by Crippen LogP contribution is -2.37. The zero-order valence-corrected chi connectivity index (χ0v) is 12.5. The van der Waals surface area contributed by atoms with Gasteiger partial charge in [0.25, 0.3) is 5.91 Å². The van der Waals surface area contributed by atoms with Crippen molar-refractivity contribution in [1.29, 1.82) is 0 Å². The topological polar surface area (TPSA) is 66.8 Å². The third kappa shape index (κ3) is 4.04. The Labute approximate surface area is 124 Å². The zero-order chi connectivity index (χ0) is 15.4. The van der Waals surface area contributed by atoms with Gasteiger partial charge in [-0.3, -0.25) is 4.79 Å². The van der Waals surface area contributed by atoms with Gasteiger partial charge in [0, 0.05) is 25.8 Å². The Morgan fingerprint density at radius 3 is 2.62 bits per heavy atom. The number of aryl methyl sites for hydroxylation is 1. The smallest absolute Gasteiger partial charge is 0.335 e. The molecule has 1 fully saturated rings. The number of nitrogens with zero attached hydrogens (tertiary/aromatic N) is 1. The molecule has 0 bridgehead atoms. The number of benzene rings is 1. The molecule has 1 amide bonds. The van der Waals surface area contributed by atoms with Crippen LogP contribution >= 0.6 is 0 Å². The number of likely N-dealkylation sites (N-methyl/N-ethyl adjacent to an activating group) is 1. The summed E-state index contributed by atoms with van der Waals surface area (Å²) < 4.78 is 5.63. The molecule has 1 aromatic carbocycles. The third-order valence-electron chi connectivity index (χ3n) is 3.67. The van der Waals surface area contributed by atoms with Gasteiger partial charge in [-0.2, -0.15) is 0 Å². The second kappa shape index (κ2) is 6.72. The minimum Gasteiger partial charge on any atom is -0.478 e. The van der Waals surface area contributed by atoms with Gasteiger partial charge in [0.1, 0.15) is 0 Å². The first-order valence-corrected chi connectivity index (χ1v) is 7.19. The number of carboxylic acid groups (broad SMARTS) is 1. The van der Waals surface area contributed by atoms with E-state index in [-0.39, 0.29) is 17.6 Å². The van der Waals surface area contributed by atoms with Crippen molar-refractivity contribution in [2.75, 3.05) is 20.2 Å². The van der Waals surface area contributed by atoms with E-state index in [1.54, 1.807) is 31.0 Å². The molecule has 2 rings (SSSR count). The Morgan fingerprint density at radius 2 is 2.00 bits per heavy atom. The predicted octanol–water partition coefficient (Wildman–Crippen LogP) is 2.33. The number of carboxylic acids is 1. The van der Waals surface area contributed by atoms with Gasteiger partial charge < -0.3 is 14.7 Å². The van der Waals surface area contributed by atoms with Crippen LogP contribution in [0.25, 0.3) is 0 Å². The first kappa shape index (κ1) is 15.5. The molecule has 1 saturated heterocycles. The molecule has 1 unspecified atom stereocenters. The van der Waals surface area contributed by atoms with Crippen LogP contribution in [0.4, 0.5) is 0 Å². The van der Waals surface area contributed by atoms with Gasteiger partial charge in [0.2, 0.25) is 0 Å². The van der Waals surface area contributed by atoms with Gasteiger partial charge in [-0.1, -0.05) is 0 Å². The summed E-state index contributed by atoms with van der Waals surface area (Å²) in [6, 6.07) is 4.70. The number of ether oxygens (including phenoxy) is 1. The van der Waals surface area contributed by atoms with Gasteiger partial charge in [0.05, 0.1) is 11.7 Å². The number of carbonyl (C=O) groups excluding carboxylic acids is 1. The van der Waals surface area contributed by atoms with Crippen LogP contribution in [-0.4, -0.2) is 48.2 Å². The molecule has 114 valence electrons. The number of hydrogen-bond acceptors (Lipinski definition) is 3. The van der Waals surface area contributed by atoms with Gasteiger partial charge >= 0.3 is 5.97 Å². The Morgan fingerprint density at radius 1 is 1.29 bits per heavy atom. The lowest BCUT2D eigenvalue weighted by atomic mass is 10.0. The van der Waals surface area contributed by atoms with Crippen molar-refractivity contribution < 1.29 is 19.4 Å². The van der Waals surface area contributed by atoms with E-state index in [9.17, 15) is 9.59 Å². The SMILES string of the molecule is Cc1cc(C(=O)O)cc(C(=O)N(C)CC2CCCCO2)c1. The molecule has 1 aliphatic rings. The van der Waals surface area contributed by atoms with E-state index in [0.29, 0.717) is 12.1 Å². The fourth-order valence-corrected chi connectivity index (χ4v) is 2.59. The van der Waals surface area contributed by atoms with Crippen molar-refractivity contribution in [3.63, 3.8) is 0 Å². The van der Waals surface area contributed by atoms with Crippen molar-refractivity contribution in [3.8, 4) is 0 Å². The second-order valence-corrected chi connectivity index (χ2v) is 5.57. The Hall–Kier alpha value is -1.88. The molecule has 0 radical (unpaired) electrons. The fraction of sp³-hybridized carbons (Fsp3) is 0.500. The lowest BCUT2D eigenvalue weighted by molar-refractivity contribution is -0.000191. The summed E-state index contributed by atoms with van der Waals surface area (Å²) in [5.74, 6) is -1.19. The van der Waals surface area contributed by atoms with Gasteiger partial charge in [-0.25, -0.2) is 4.79 Å². The van der Waals surface area contributed by atoms with Crippen LogP contribution in [0.15, 0.2) is 18.2 Å². The average Bonchev–Trinajstić information content (AvgIpc) is 2.46. The molecule has 1 aliphatic heterocycles. The van der Waals surface area contributed by atoms with Crippen LogP contribution in [0.5, 0.6) is 0 Å². The molecule has 21 heavy (non-hydrogen) atoms. The standard InChI is InChI=1S/C16H21NO4/c1-11-7-12(9-13(8-11)16(19)20)15(18)17(2)10-14-5-3-4-6-21-14/h7-9,14H,3-6,10H2,1-2H3,(H,19,20). The van der Waals surface area contributed by atoms with E-state index in [1.165, 1.54) is 6.07 Å². The van der Waals surface area contributed by atoms with E-state index < -0.39 is 5.97 Å². The molecule has 5 nitrogen and oxygen atoms in total. The van der Waals surface area contributed by atoms with Crippen LogP contribution in [-0.2, 0) is 4.74 Å². The molecule has 0 aromatic heterocycles. The van der Waals surface area contributed by atoms with Crippen molar-refractivity contribution in [3.05, 3.63) is 34.9 Å². The summed E-state index contributed by atoms with van der Waals surface area (Å²) in [4.78, 5) is 25.1. The maximum atomic E-state index is 12.4. The number of rotatable bonds is 4. The summed E-state index contributed by atoms with van der Waals surface area (Å²) in [6.45, 7) is 3.07. The highest BCUT2D eigenvalue weighted by molar-refractivity contribution is 5.97. The summed E-state index contributed by atoms with van der Waals surface area (Å²) in [6.07, 6.45) is 3.25. The Bertz CT molecular complexity index is 535. The minimum absolute atomic E-state index is 0.0800. The van der Waals surface area contributed by atoms with E-state index in [4.69, 9.17) is 9.84 Å². The quantitative estimate of drug-likeness (QED) is 0.924. The fourth-order valence-electron chi connectivity index (χ4n) is 2.59. The van der Waals surface area contributed by atoms with E-state index >= 15 is 0 Å². The van der Waals surface area contributed by atoms with Gasteiger partial charge in [-0.15, -0.1) is 0 Å². The average molecular weight is 291 g/mol. The first-order chi connectivity index (χ1) is 9.97. The molecule has 1 aromatic rings. The van der Waals surface area contributed by atoms with Crippen LogP contribution < -0.4 is 0 Å². The minimum atomic E-state index is -1.02. The molecule has 0 saturated carbocycles. The second-order valence-electron chi connectivity index (χ2n) is 5.57. The number of aromatic carboxylic acids is 1.